The highest BCUT2D eigenvalue weighted by Crippen LogP contribution is 2.37. The summed E-state index contributed by atoms with van der Waals surface area (Å²) >= 11 is 0. The predicted molar refractivity (Wildman–Crippen MR) is 94.0 cm³/mol. The number of carbonyl (C=O) groups is 2. The Kier molecular flexibility index (Phi) is 5.85. The van der Waals surface area contributed by atoms with Crippen molar-refractivity contribution in [2.24, 2.45) is 5.92 Å². The first-order chi connectivity index (χ1) is 12.0. The molecule has 25 heavy (non-hydrogen) atoms. The molecular formula is C19H21NO5. The van der Waals surface area contributed by atoms with Crippen molar-refractivity contribution in [1.82, 2.24) is 0 Å². The number of nitro groups is 1. The van der Waals surface area contributed by atoms with E-state index in [1.807, 2.05) is 24.3 Å². The van der Waals surface area contributed by atoms with Crippen LogP contribution in [0.3, 0.4) is 0 Å². The molecular weight excluding hydrogens is 322 g/mol. The number of aldehydes is 1. The van der Waals surface area contributed by atoms with Crippen LogP contribution in [0.1, 0.15) is 25.8 Å². The molecule has 0 aliphatic rings. The van der Waals surface area contributed by atoms with Gasteiger partial charge in [0.05, 0.1) is 6.61 Å². The number of hydrogen-bond acceptors (Lipinski definition) is 5. The molecule has 0 aromatic heterocycles. The van der Waals surface area contributed by atoms with E-state index in [1.165, 1.54) is 0 Å². The first-order valence-electron chi connectivity index (χ1n) is 8.23. The Hall–Kier alpha value is -2.76. The maximum absolute atomic E-state index is 12.8. The summed E-state index contributed by atoms with van der Waals surface area (Å²) in [6.45, 7) is 2.76. The Balaban J connectivity index is 2.74. The summed E-state index contributed by atoms with van der Waals surface area (Å²) in [5.74, 6) is -1.58. The zero-order valence-electron chi connectivity index (χ0n) is 14.3. The minimum absolute atomic E-state index is 0.0845. The quantitative estimate of drug-likeness (QED) is 0.318. The lowest BCUT2D eigenvalue weighted by molar-refractivity contribution is -0.490. The number of rotatable bonds is 8. The maximum atomic E-state index is 12.8. The molecule has 0 heterocycles. The normalized spacial score (nSPS) is 14.5. The summed E-state index contributed by atoms with van der Waals surface area (Å²) in [5, 5.41) is 13.2. The lowest BCUT2D eigenvalue weighted by Crippen LogP contribution is -2.50. The van der Waals surface area contributed by atoms with Crippen molar-refractivity contribution in [1.29, 1.82) is 0 Å². The predicted octanol–water partition coefficient (Wildman–Crippen LogP) is 3.14. The molecule has 0 saturated heterocycles. The Bertz CT molecular complexity index is 788. The van der Waals surface area contributed by atoms with E-state index < -0.39 is 28.8 Å². The van der Waals surface area contributed by atoms with Crippen LogP contribution in [0.2, 0.25) is 0 Å². The molecule has 132 valence electrons. The SMILES string of the molecule is CCOC(=O)C(C[N+](=O)[O-])(c1ccc2ccccc2c1)C(C=O)CC. The molecule has 0 aliphatic carbocycles. The van der Waals surface area contributed by atoms with Crippen LogP contribution in [0, 0.1) is 16.0 Å². The van der Waals surface area contributed by atoms with Gasteiger partial charge in [0, 0.05) is 10.8 Å². The number of nitrogens with zero attached hydrogens (tertiary/aromatic N) is 1. The van der Waals surface area contributed by atoms with Crippen LogP contribution in [-0.2, 0) is 19.7 Å². The van der Waals surface area contributed by atoms with E-state index in [-0.39, 0.29) is 6.61 Å². The summed E-state index contributed by atoms with van der Waals surface area (Å²) in [7, 11) is 0. The molecule has 0 radical (unpaired) electrons. The summed E-state index contributed by atoms with van der Waals surface area (Å²) in [6, 6.07) is 12.7. The van der Waals surface area contributed by atoms with E-state index >= 15 is 0 Å². The molecule has 0 saturated carbocycles. The molecule has 6 heteroatoms. The molecule has 0 aliphatic heterocycles. The van der Waals surface area contributed by atoms with Crippen LogP contribution in [0.15, 0.2) is 42.5 Å². The second-order valence-corrected chi connectivity index (χ2v) is 5.90. The van der Waals surface area contributed by atoms with Crippen molar-refractivity contribution in [3.05, 3.63) is 58.1 Å². The molecule has 2 unspecified atom stereocenters. The third-order valence-electron chi connectivity index (χ3n) is 4.52. The molecule has 0 N–H and O–H groups in total. The van der Waals surface area contributed by atoms with E-state index in [9.17, 15) is 19.7 Å². The van der Waals surface area contributed by atoms with Crippen molar-refractivity contribution < 1.29 is 19.2 Å². The summed E-state index contributed by atoms with van der Waals surface area (Å²) in [4.78, 5) is 35.3. The fraction of sp³-hybridized carbons (Fsp3) is 0.368. The third-order valence-corrected chi connectivity index (χ3v) is 4.52. The van der Waals surface area contributed by atoms with Crippen LogP contribution < -0.4 is 0 Å². The van der Waals surface area contributed by atoms with Gasteiger partial charge in [-0.1, -0.05) is 43.3 Å². The molecule has 2 rings (SSSR count). The second-order valence-electron chi connectivity index (χ2n) is 5.90. The fourth-order valence-electron chi connectivity index (χ4n) is 3.25. The molecule has 2 aromatic rings. The van der Waals surface area contributed by atoms with E-state index in [2.05, 4.69) is 0 Å². The number of ether oxygens (including phenoxy) is 1. The van der Waals surface area contributed by atoms with E-state index in [1.54, 1.807) is 32.0 Å². The number of fused-ring (bicyclic) bond motifs is 1. The van der Waals surface area contributed by atoms with Crippen molar-refractivity contribution in [2.75, 3.05) is 13.2 Å². The number of esters is 1. The number of carbonyl (C=O) groups excluding carboxylic acids is 2. The first kappa shape index (κ1) is 18.6. The maximum Gasteiger partial charge on any atom is 0.324 e. The minimum atomic E-state index is -1.64. The summed E-state index contributed by atoms with van der Waals surface area (Å²) < 4.78 is 5.16. The van der Waals surface area contributed by atoms with Crippen LogP contribution in [0.4, 0.5) is 0 Å². The zero-order valence-corrected chi connectivity index (χ0v) is 14.3. The van der Waals surface area contributed by atoms with Crippen molar-refractivity contribution in [3.8, 4) is 0 Å². The number of benzene rings is 2. The van der Waals surface area contributed by atoms with E-state index in [0.29, 0.717) is 18.3 Å². The molecule has 0 fully saturated rings. The average molecular weight is 343 g/mol. The van der Waals surface area contributed by atoms with Crippen molar-refractivity contribution in [3.63, 3.8) is 0 Å². The molecule has 0 amide bonds. The standard InChI is InChI=1S/C19H21NO5/c1-3-16(12-21)19(13-20(23)24,18(22)25-4-2)17-10-9-14-7-5-6-8-15(14)11-17/h5-12,16H,3-4,13H2,1-2H3. The van der Waals surface area contributed by atoms with Gasteiger partial charge in [0.15, 0.2) is 5.41 Å². The van der Waals surface area contributed by atoms with Gasteiger partial charge in [0.25, 0.3) is 0 Å². The molecule has 2 atom stereocenters. The van der Waals surface area contributed by atoms with Crippen LogP contribution in [-0.4, -0.2) is 30.3 Å². The zero-order chi connectivity index (χ0) is 18.4. The lowest BCUT2D eigenvalue weighted by Gasteiger charge is -2.32. The largest absolute Gasteiger partial charge is 0.465 e. The van der Waals surface area contributed by atoms with E-state index in [0.717, 1.165) is 10.8 Å². The lowest BCUT2D eigenvalue weighted by atomic mass is 9.69. The monoisotopic (exact) mass is 343 g/mol. The van der Waals surface area contributed by atoms with Gasteiger partial charge >= 0.3 is 5.97 Å². The average Bonchev–Trinajstić information content (AvgIpc) is 2.61. The molecule has 0 bridgehead atoms. The molecule has 2 aromatic carbocycles. The minimum Gasteiger partial charge on any atom is -0.465 e. The van der Waals surface area contributed by atoms with Gasteiger partial charge in [-0.05, 0) is 35.7 Å². The molecule has 6 nitrogen and oxygen atoms in total. The van der Waals surface area contributed by atoms with Crippen molar-refractivity contribution >= 4 is 23.0 Å². The molecule has 0 spiro atoms. The Labute approximate surface area is 145 Å². The fourth-order valence-corrected chi connectivity index (χ4v) is 3.25. The highest BCUT2D eigenvalue weighted by Gasteiger charge is 2.52. The Morgan fingerprint density at radius 1 is 1.24 bits per heavy atom. The topological polar surface area (TPSA) is 86.5 Å². The van der Waals surface area contributed by atoms with Crippen molar-refractivity contribution in [2.45, 2.75) is 25.7 Å². The van der Waals surface area contributed by atoms with Crippen LogP contribution in [0.5, 0.6) is 0 Å². The van der Waals surface area contributed by atoms with Gasteiger partial charge in [-0.25, -0.2) is 0 Å². The third kappa shape index (κ3) is 3.52. The van der Waals surface area contributed by atoms with Gasteiger partial charge in [0.2, 0.25) is 6.54 Å². The second kappa shape index (κ2) is 7.88. The van der Waals surface area contributed by atoms with Gasteiger partial charge in [-0.3, -0.25) is 14.9 Å². The highest BCUT2D eigenvalue weighted by molar-refractivity contribution is 5.90. The summed E-state index contributed by atoms with van der Waals surface area (Å²) in [5.41, 5.74) is -1.21. The Morgan fingerprint density at radius 3 is 2.48 bits per heavy atom. The highest BCUT2D eigenvalue weighted by atomic mass is 16.6. The summed E-state index contributed by atoms with van der Waals surface area (Å²) in [6.07, 6.45) is 0.915. The first-order valence-corrected chi connectivity index (χ1v) is 8.23. The van der Waals surface area contributed by atoms with Gasteiger partial charge < -0.3 is 9.53 Å². The van der Waals surface area contributed by atoms with E-state index in [4.69, 9.17) is 4.74 Å². The van der Waals surface area contributed by atoms with Gasteiger partial charge in [0.1, 0.15) is 6.29 Å². The van der Waals surface area contributed by atoms with Gasteiger partial charge in [-0.2, -0.15) is 0 Å². The Morgan fingerprint density at radius 2 is 1.92 bits per heavy atom. The van der Waals surface area contributed by atoms with Crippen LogP contribution >= 0.6 is 0 Å². The smallest absolute Gasteiger partial charge is 0.324 e. The van der Waals surface area contributed by atoms with Gasteiger partial charge in [-0.15, -0.1) is 0 Å². The number of hydrogen-bond donors (Lipinski definition) is 0. The van der Waals surface area contributed by atoms with Crippen LogP contribution in [0.25, 0.3) is 10.8 Å².